The number of hydrogen-bond acceptors (Lipinski definition) is 3. The molecule has 0 aromatic carbocycles. The second kappa shape index (κ2) is 7.19. The molecule has 130 valence electrons. The Bertz CT molecular complexity index is 345. The molecule has 2 aliphatic rings. The van der Waals surface area contributed by atoms with Gasteiger partial charge in [-0.15, -0.1) is 0 Å². The Kier molecular flexibility index (Phi) is 5.95. The summed E-state index contributed by atoms with van der Waals surface area (Å²) in [5.41, 5.74) is 0.123. The van der Waals surface area contributed by atoms with E-state index in [0.29, 0.717) is 0 Å². The molecule has 1 saturated carbocycles. The Hall–Kier alpha value is -0.120. The Morgan fingerprint density at radius 1 is 1.18 bits per heavy atom. The van der Waals surface area contributed by atoms with E-state index in [1.54, 1.807) is 0 Å². The van der Waals surface area contributed by atoms with Gasteiger partial charge in [-0.05, 0) is 72.0 Å². The van der Waals surface area contributed by atoms with Gasteiger partial charge in [0.2, 0.25) is 0 Å². The predicted molar refractivity (Wildman–Crippen MR) is 94.4 cm³/mol. The van der Waals surface area contributed by atoms with Crippen molar-refractivity contribution in [3.05, 3.63) is 0 Å². The summed E-state index contributed by atoms with van der Waals surface area (Å²) < 4.78 is 6.60. The molecule has 1 aliphatic heterocycles. The Labute approximate surface area is 138 Å². The van der Waals surface area contributed by atoms with Crippen molar-refractivity contribution in [2.24, 2.45) is 5.92 Å². The highest BCUT2D eigenvalue weighted by molar-refractivity contribution is 4.98. The number of ether oxygens (including phenoxy) is 1. The summed E-state index contributed by atoms with van der Waals surface area (Å²) in [4.78, 5) is 5.19. The summed E-state index contributed by atoms with van der Waals surface area (Å²) in [7, 11) is 2.31. The molecule has 2 fully saturated rings. The minimum absolute atomic E-state index is 0.00460. The molecule has 1 aliphatic carbocycles. The summed E-state index contributed by atoms with van der Waals surface area (Å²) in [6, 6.07) is 0.757. The molecular weight excluding hydrogens is 272 g/mol. The summed E-state index contributed by atoms with van der Waals surface area (Å²) in [5.74, 6) is 0.804. The van der Waals surface area contributed by atoms with Crippen LogP contribution >= 0.6 is 0 Å². The normalized spacial score (nSPS) is 33.0. The molecule has 3 nitrogen and oxygen atoms in total. The minimum atomic E-state index is 0.00460. The molecule has 1 saturated heterocycles. The van der Waals surface area contributed by atoms with Gasteiger partial charge in [0.15, 0.2) is 0 Å². The van der Waals surface area contributed by atoms with Gasteiger partial charge in [-0.1, -0.05) is 20.8 Å². The third kappa shape index (κ3) is 4.69. The van der Waals surface area contributed by atoms with Crippen molar-refractivity contribution in [1.82, 2.24) is 9.80 Å². The lowest BCUT2D eigenvalue weighted by atomic mass is 9.79. The zero-order chi connectivity index (χ0) is 16.4. The highest BCUT2D eigenvalue weighted by Crippen LogP contribution is 2.40. The van der Waals surface area contributed by atoms with Gasteiger partial charge < -0.3 is 9.64 Å². The molecule has 0 atom stereocenters. The highest BCUT2D eigenvalue weighted by atomic mass is 16.5. The first-order valence-corrected chi connectivity index (χ1v) is 9.38. The van der Waals surface area contributed by atoms with Gasteiger partial charge in [-0.2, -0.15) is 0 Å². The van der Waals surface area contributed by atoms with E-state index in [2.05, 4.69) is 51.5 Å². The van der Waals surface area contributed by atoms with Gasteiger partial charge in [0.05, 0.1) is 11.2 Å². The van der Waals surface area contributed by atoms with Crippen LogP contribution in [-0.4, -0.2) is 60.3 Å². The zero-order valence-corrected chi connectivity index (χ0v) is 15.8. The van der Waals surface area contributed by atoms with Crippen LogP contribution in [-0.2, 0) is 4.74 Å². The van der Waals surface area contributed by atoms with E-state index in [9.17, 15) is 0 Å². The number of likely N-dealkylation sites (N-methyl/N-ethyl adjacent to an activating group) is 1. The zero-order valence-electron chi connectivity index (χ0n) is 15.8. The topological polar surface area (TPSA) is 15.7 Å². The molecule has 1 heterocycles. The van der Waals surface area contributed by atoms with E-state index in [1.807, 2.05) is 0 Å². The van der Waals surface area contributed by atoms with E-state index in [0.717, 1.165) is 31.6 Å². The molecular formula is C19H38N2O. The maximum Gasteiger partial charge on any atom is 0.0817 e. The summed E-state index contributed by atoms with van der Waals surface area (Å²) >= 11 is 0. The molecule has 0 N–H and O–H groups in total. The number of hydrogen-bond donors (Lipinski definition) is 0. The molecule has 0 bridgehead atoms. The first-order valence-electron chi connectivity index (χ1n) is 9.38. The van der Waals surface area contributed by atoms with E-state index in [4.69, 9.17) is 4.74 Å². The van der Waals surface area contributed by atoms with Crippen molar-refractivity contribution < 1.29 is 4.74 Å². The van der Waals surface area contributed by atoms with Crippen LogP contribution in [0.1, 0.15) is 66.7 Å². The molecule has 2 rings (SSSR count). The minimum Gasteiger partial charge on any atom is -0.366 e. The van der Waals surface area contributed by atoms with Crippen molar-refractivity contribution in [1.29, 1.82) is 0 Å². The van der Waals surface area contributed by atoms with Gasteiger partial charge >= 0.3 is 0 Å². The molecule has 3 heteroatoms. The SMILES string of the molecule is CCN1CC(C)(C)O[C@]2(CC[C@@H](N(C)CCC(C)C)CC2)C1. The second-order valence-electron chi connectivity index (χ2n) is 8.74. The molecule has 0 unspecified atom stereocenters. The number of rotatable bonds is 5. The fourth-order valence-corrected chi connectivity index (χ4v) is 4.35. The molecule has 0 aromatic rings. The van der Waals surface area contributed by atoms with E-state index < -0.39 is 0 Å². The van der Waals surface area contributed by atoms with Gasteiger partial charge in [-0.25, -0.2) is 0 Å². The van der Waals surface area contributed by atoms with Crippen LogP contribution in [0, 0.1) is 5.92 Å². The first-order chi connectivity index (χ1) is 10.3. The van der Waals surface area contributed by atoms with Gasteiger partial charge in [-0.3, -0.25) is 4.90 Å². The molecule has 0 aromatic heterocycles. The predicted octanol–water partition coefficient (Wildman–Crippen LogP) is 3.78. The van der Waals surface area contributed by atoms with Crippen molar-refractivity contribution in [3.8, 4) is 0 Å². The lowest BCUT2D eigenvalue weighted by Gasteiger charge is -2.53. The number of morpholine rings is 1. The van der Waals surface area contributed by atoms with E-state index in [-0.39, 0.29) is 11.2 Å². The van der Waals surface area contributed by atoms with Crippen molar-refractivity contribution in [3.63, 3.8) is 0 Å². The summed E-state index contributed by atoms with van der Waals surface area (Å²) in [6.07, 6.45) is 6.35. The fraction of sp³-hybridized carbons (Fsp3) is 1.00. The largest absolute Gasteiger partial charge is 0.366 e. The molecule has 1 spiro atoms. The first kappa shape index (κ1) is 18.2. The van der Waals surface area contributed by atoms with E-state index in [1.165, 1.54) is 38.6 Å². The van der Waals surface area contributed by atoms with Crippen LogP contribution < -0.4 is 0 Å². The summed E-state index contributed by atoms with van der Waals surface area (Å²) in [5, 5.41) is 0. The quantitative estimate of drug-likeness (QED) is 0.768. The smallest absolute Gasteiger partial charge is 0.0817 e. The van der Waals surface area contributed by atoms with Crippen LogP contribution in [0.2, 0.25) is 0 Å². The molecule has 0 amide bonds. The van der Waals surface area contributed by atoms with Crippen LogP contribution in [0.5, 0.6) is 0 Å². The van der Waals surface area contributed by atoms with Gasteiger partial charge in [0, 0.05) is 19.1 Å². The number of nitrogens with zero attached hydrogens (tertiary/aromatic N) is 2. The van der Waals surface area contributed by atoms with E-state index >= 15 is 0 Å². The third-order valence-corrected chi connectivity index (χ3v) is 5.61. The van der Waals surface area contributed by atoms with Crippen molar-refractivity contribution in [2.75, 3.05) is 33.2 Å². The van der Waals surface area contributed by atoms with Crippen LogP contribution in [0.15, 0.2) is 0 Å². The van der Waals surface area contributed by atoms with Crippen molar-refractivity contribution in [2.45, 2.75) is 84.0 Å². The van der Waals surface area contributed by atoms with Gasteiger partial charge in [0.1, 0.15) is 0 Å². The fourth-order valence-electron chi connectivity index (χ4n) is 4.35. The summed E-state index contributed by atoms with van der Waals surface area (Å²) in [6.45, 7) is 16.0. The standard InChI is InChI=1S/C19H38N2O/c1-7-21-14-18(4,5)22-19(15-21)11-8-17(9-12-19)20(6)13-10-16(2)3/h16-17H,7-15H2,1-6H3/t17-,19+. The molecule has 0 radical (unpaired) electrons. The van der Waals surface area contributed by atoms with Crippen LogP contribution in [0.3, 0.4) is 0 Å². The average molecular weight is 311 g/mol. The monoisotopic (exact) mass is 310 g/mol. The molecule has 22 heavy (non-hydrogen) atoms. The maximum absolute atomic E-state index is 6.60. The average Bonchev–Trinajstić information content (AvgIpc) is 2.43. The lowest BCUT2D eigenvalue weighted by molar-refractivity contribution is -0.211. The Morgan fingerprint density at radius 3 is 2.36 bits per heavy atom. The maximum atomic E-state index is 6.60. The Balaban J connectivity index is 1.90. The van der Waals surface area contributed by atoms with Crippen LogP contribution in [0.25, 0.3) is 0 Å². The Morgan fingerprint density at radius 2 is 1.82 bits per heavy atom. The van der Waals surface area contributed by atoms with Crippen LogP contribution in [0.4, 0.5) is 0 Å². The third-order valence-electron chi connectivity index (χ3n) is 5.61. The highest BCUT2D eigenvalue weighted by Gasteiger charge is 2.46. The van der Waals surface area contributed by atoms with Gasteiger partial charge in [0.25, 0.3) is 0 Å². The lowest BCUT2D eigenvalue weighted by Crippen LogP contribution is -2.61. The van der Waals surface area contributed by atoms with Crippen molar-refractivity contribution >= 4 is 0 Å². The second-order valence-corrected chi connectivity index (χ2v) is 8.74.